The molecule has 1 saturated heterocycles. The number of halogens is 1. The summed E-state index contributed by atoms with van der Waals surface area (Å²) >= 11 is 9.41. The summed E-state index contributed by atoms with van der Waals surface area (Å²) in [6, 6.07) is 12.8. The first-order valence-corrected chi connectivity index (χ1v) is 11.3. The molecule has 0 bridgehead atoms. The fraction of sp³-hybridized carbons (Fsp3) is 0.478. The lowest BCUT2D eigenvalue weighted by Gasteiger charge is -2.47. The van der Waals surface area contributed by atoms with Crippen LogP contribution in [-0.2, 0) is 13.1 Å². The summed E-state index contributed by atoms with van der Waals surface area (Å²) < 4.78 is 1.08. The first kappa shape index (κ1) is 22.2. The highest BCUT2D eigenvalue weighted by atomic mass is 79.9. The molecule has 1 aromatic carbocycles. The van der Waals surface area contributed by atoms with Gasteiger partial charge < -0.3 is 15.5 Å². The molecule has 0 atom stereocenters. The van der Waals surface area contributed by atoms with Gasteiger partial charge in [0.15, 0.2) is 5.11 Å². The normalized spacial score (nSPS) is 18.2. The van der Waals surface area contributed by atoms with Crippen LogP contribution >= 0.6 is 28.1 Å². The number of piperidine rings is 1. The van der Waals surface area contributed by atoms with Crippen molar-refractivity contribution in [1.29, 1.82) is 0 Å². The summed E-state index contributed by atoms with van der Waals surface area (Å²) in [5.41, 5.74) is 2.54. The second-order valence-electron chi connectivity index (χ2n) is 9.29. The van der Waals surface area contributed by atoms with Crippen LogP contribution in [0.4, 0.5) is 0 Å². The molecule has 0 spiro atoms. The second kappa shape index (κ2) is 9.11. The van der Waals surface area contributed by atoms with Crippen molar-refractivity contribution < 1.29 is 0 Å². The molecule has 6 heteroatoms. The van der Waals surface area contributed by atoms with Crippen LogP contribution in [0.5, 0.6) is 0 Å². The Labute approximate surface area is 188 Å². The Bertz CT molecular complexity index is 805. The summed E-state index contributed by atoms with van der Waals surface area (Å²) in [5, 5.41) is 8.21. The molecular weight excluding hydrogens is 444 g/mol. The largest absolute Gasteiger partial charge is 0.360 e. The van der Waals surface area contributed by atoms with E-state index in [0.29, 0.717) is 6.04 Å². The number of nitrogens with zero attached hydrogens (tertiary/aromatic N) is 2. The molecule has 2 aromatic rings. The van der Waals surface area contributed by atoms with Gasteiger partial charge in [0.1, 0.15) is 0 Å². The van der Waals surface area contributed by atoms with Crippen LogP contribution in [0.25, 0.3) is 0 Å². The Balaban J connectivity index is 1.75. The van der Waals surface area contributed by atoms with Crippen LogP contribution in [0.1, 0.15) is 51.7 Å². The predicted molar refractivity (Wildman–Crippen MR) is 128 cm³/mol. The van der Waals surface area contributed by atoms with Crippen LogP contribution < -0.4 is 10.6 Å². The van der Waals surface area contributed by atoms with Crippen molar-refractivity contribution in [2.75, 3.05) is 0 Å². The SMILES string of the molecule is CC1(C)CC(NC(=S)N(Cc2ccc(Br)cc2)Cc2cccnc2)CC(C)(C)N1. The average molecular weight is 476 g/mol. The number of aromatic nitrogens is 1. The van der Waals surface area contributed by atoms with E-state index in [2.05, 4.69) is 94.5 Å². The number of benzene rings is 1. The molecule has 2 N–H and O–H groups in total. The van der Waals surface area contributed by atoms with Crippen molar-refractivity contribution in [2.45, 2.75) is 70.7 Å². The smallest absolute Gasteiger partial charge is 0.169 e. The molecule has 0 unspecified atom stereocenters. The molecule has 1 aliphatic heterocycles. The van der Waals surface area contributed by atoms with Crippen LogP contribution in [0.2, 0.25) is 0 Å². The number of hydrogen-bond donors (Lipinski definition) is 2. The topological polar surface area (TPSA) is 40.2 Å². The lowest BCUT2D eigenvalue weighted by molar-refractivity contribution is 0.153. The van der Waals surface area contributed by atoms with Crippen molar-refractivity contribution >= 4 is 33.3 Å². The predicted octanol–water partition coefficient (Wildman–Crippen LogP) is 5.03. The van der Waals surface area contributed by atoms with Gasteiger partial charge in [-0.1, -0.05) is 34.1 Å². The molecule has 0 radical (unpaired) electrons. The third-order valence-electron chi connectivity index (χ3n) is 5.19. The summed E-state index contributed by atoms with van der Waals surface area (Å²) in [4.78, 5) is 6.50. The van der Waals surface area contributed by atoms with E-state index in [-0.39, 0.29) is 11.1 Å². The van der Waals surface area contributed by atoms with Crippen molar-refractivity contribution in [2.24, 2.45) is 0 Å². The minimum Gasteiger partial charge on any atom is -0.360 e. The maximum atomic E-state index is 5.90. The van der Waals surface area contributed by atoms with Crippen LogP contribution in [0, 0.1) is 0 Å². The Morgan fingerprint density at radius 3 is 2.31 bits per heavy atom. The van der Waals surface area contributed by atoms with Gasteiger partial charge in [0.2, 0.25) is 0 Å². The van der Waals surface area contributed by atoms with E-state index in [4.69, 9.17) is 12.2 Å². The lowest BCUT2D eigenvalue weighted by Crippen LogP contribution is -2.62. The monoisotopic (exact) mass is 474 g/mol. The van der Waals surface area contributed by atoms with E-state index in [0.717, 1.165) is 41.1 Å². The average Bonchev–Trinajstić information content (AvgIpc) is 2.61. The lowest BCUT2D eigenvalue weighted by atomic mass is 9.80. The fourth-order valence-electron chi connectivity index (χ4n) is 4.41. The van der Waals surface area contributed by atoms with Crippen LogP contribution in [0.15, 0.2) is 53.3 Å². The molecule has 156 valence electrons. The zero-order chi connectivity index (χ0) is 21.1. The Kier molecular flexibility index (Phi) is 6.97. The maximum absolute atomic E-state index is 5.90. The van der Waals surface area contributed by atoms with Gasteiger partial charge >= 0.3 is 0 Å². The summed E-state index contributed by atoms with van der Waals surface area (Å²) in [6.45, 7) is 10.5. The zero-order valence-corrected chi connectivity index (χ0v) is 20.1. The minimum absolute atomic E-state index is 0.0783. The molecule has 0 amide bonds. The summed E-state index contributed by atoms with van der Waals surface area (Å²) in [6.07, 6.45) is 5.79. The maximum Gasteiger partial charge on any atom is 0.169 e. The van der Waals surface area contributed by atoms with E-state index in [9.17, 15) is 0 Å². The molecule has 3 rings (SSSR count). The molecule has 1 aliphatic rings. The highest BCUT2D eigenvalue weighted by Gasteiger charge is 2.38. The minimum atomic E-state index is 0.0783. The fourth-order valence-corrected chi connectivity index (χ4v) is 4.97. The second-order valence-corrected chi connectivity index (χ2v) is 10.6. The van der Waals surface area contributed by atoms with Gasteiger partial charge in [-0.15, -0.1) is 0 Å². The third-order valence-corrected chi connectivity index (χ3v) is 6.09. The summed E-state index contributed by atoms with van der Waals surface area (Å²) in [5.74, 6) is 0. The highest BCUT2D eigenvalue weighted by molar-refractivity contribution is 9.10. The number of pyridine rings is 1. The number of thiocarbonyl (C=S) groups is 1. The van der Waals surface area contributed by atoms with Gasteiger partial charge in [-0.25, -0.2) is 0 Å². The van der Waals surface area contributed by atoms with Crippen LogP contribution in [-0.4, -0.2) is 32.1 Å². The van der Waals surface area contributed by atoms with Gasteiger partial charge in [0.25, 0.3) is 0 Å². The first-order chi connectivity index (χ1) is 13.6. The van der Waals surface area contributed by atoms with Gasteiger partial charge in [0, 0.05) is 47.1 Å². The summed E-state index contributed by atoms with van der Waals surface area (Å²) in [7, 11) is 0. The van der Waals surface area contributed by atoms with Gasteiger partial charge in [-0.3, -0.25) is 4.98 Å². The number of rotatable bonds is 5. The standard InChI is InChI=1S/C23H31BrN4S/c1-22(2)12-20(13-23(3,4)27-22)26-21(29)28(16-18-6-5-11-25-14-18)15-17-7-9-19(24)10-8-17/h5-11,14,20,27H,12-13,15-16H2,1-4H3,(H,26,29). The zero-order valence-electron chi connectivity index (χ0n) is 17.7. The van der Waals surface area contributed by atoms with E-state index in [1.54, 1.807) is 6.20 Å². The Morgan fingerprint density at radius 1 is 1.10 bits per heavy atom. The van der Waals surface area contributed by atoms with Crippen LogP contribution in [0.3, 0.4) is 0 Å². The quantitative estimate of drug-likeness (QED) is 0.594. The number of hydrogen-bond acceptors (Lipinski definition) is 3. The van der Waals surface area contributed by atoms with E-state index in [1.165, 1.54) is 5.56 Å². The van der Waals surface area contributed by atoms with Crippen molar-refractivity contribution in [3.63, 3.8) is 0 Å². The van der Waals surface area contributed by atoms with Gasteiger partial charge in [-0.2, -0.15) is 0 Å². The van der Waals surface area contributed by atoms with Crippen molar-refractivity contribution in [3.05, 3.63) is 64.4 Å². The molecule has 1 fully saturated rings. The molecule has 1 aromatic heterocycles. The van der Waals surface area contributed by atoms with Crippen molar-refractivity contribution in [1.82, 2.24) is 20.5 Å². The molecular formula is C23H31BrN4S. The molecule has 2 heterocycles. The van der Waals surface area contributed by atoms with Crippen molar-refractivity contribution in [3.8, 4) is 0 Å². The Hall–Kier alpha value is -1.50. The molecule has 29 heavy (non-hydrogen) atoms. The van der Waals surface area contributed by atoms with Gasteiger partial charge in [0.05, 0.1) is 0 Å². The molecule has 0 saturated carbocycles. The first-order valence-electron chi connectivity index (χ1n) is 10.1. The van der Waals surface area contributed by atoms with Gasteiger partial charge in [-0.05, 0) is 82.1 Å². The van der Waals surface area contributed by atoms with E-state index in [1.807, 2.05) is 12.3 Å². The third kappa shape index (κ3) is 6.76. The number of nitrogens with one attached hydrogen (secondary N) is 2. The van der Waals surface area contributed by atoms with E-state index < -0.39 is 0 Å². The Morgan fingerprint density at radius 2 is 1.72 bits per heavy atom. The highest BCUT2D eigenvalue weighted by Crippen LogP contribution is 2.28. The van der Waals surface area contributed by atoms with E-state index >= 15 is 0 Å². The molecule has 0 aliphatic carbocycles. The molecule has 4 nitrogen and oxygen atoms in total.